The Hall–Kier alpha value is -3.52. The van der Waals surface area contributed by atoms with Gasteiger partial charge in [-0.3, -0.25) is 19.7 Å². The Morgan fingerprint density at radius 1 is 1.14 bits per heavy atom. The van der Waals surface area contributed by atoms with E-state index in [4.69, 9.17) is 0 Å². The highest BCUT2D eigenvalue weighted by Crippen LogP contribution is 2.35. The second kappa shape index (κ2) is 7.84. The van der Waals surface area contributed by atoms with Crippen LogP contribution in [0.25, 0.3) is 0 Å². The van der Waals surface area contributed by atoms with Gasteiger partial charge in [-0.25, -0.2) is 0 Å². The van der Waals surface area contributed by atoms with Gasteiger partial charge in [-0.1, -0.05) is 24.3 Å². The summed E-state index contributed by atoms with van der Waals surface area (Å²) in [5.74, 6) is -0.344. The molecule has 0 spiro atoms. The lowest BCUT2D eigenvalue weighted by Crippen LogP contribution is -2.31. The molecule has 0 saturated carbocycles. The second-order valence-electron chi connectivity index (χ2n) is 6.68. The highest BCUT2D eigenvalue weighted by Gasteiger charge is 2.34. The highest BCUT2D eigenvalue weighted by atomic mass is 32.1. The van der Waals surface area contributed by atoms with Crippen molar-refractivity contribution in [2.75, 3.05) is 5.32 Å². The van der Waals surface area contributed by atoms with Crippen molar-refractivity contribution in [2.24, 2.45) is 0 Å². The minimum absolute atomic E-state index is 0.0418. The van der Waals surface area contributed by atoms with E-state index in [9.17, 15) is 19.7 Å². The molecule has 1 N–H and O–H groups in total. The number of rotatable bonds is 6. The third kappa shape index (κ3) is 3.88. The largest absolute Gasteiger partial charge is 0.326 e. The minimum Gasteiger partial charge on any atom is -0.326 e. The first kappa shape index (κ1) is 18.8. The summed E-state index contributed by atoms with van der Waals surface area (Å²) in [6, 6.07) is 16.6. The van der Waals surface area contributed by atoms with E-state index in [1.165, 1.54) is 35.6 Å². The first-order valence-electron chi connectivity index (χ1n) is 8.99. The van der Waals surface area contributed by atoms with E-state index in [0.717, 1.165) is 10.4 Å². The summed E-state index contributed by atoms with van der Waals surface area (Å²) >= 11 is 1.50. The molecule has 0 radical (unpaired) electrons. The fourth-order valence-corrected chi connectivity index (χ4v) is 4.27. The number of thiophene rings is 1. The van der Waals surface area contributed by atoms with E-state index >= 15 is 0 Å². The van der Waals surface area contributed by atoms with Crippen molar-refractivity contribution in [1.82, 2.24) is 4.90 Å². The van der Waals surface area contributed by atoms with Gasteiger partial charge in [0.25, 0.3) is 11.6 Å². The average Bonchev–Trinajstić information content (AvgIpc) is 3.35. The van der Waals surface area contributed by atoms with Gasteiger partial charge in [0, 0.05) is 34.8 Å². The summed E-state index contributed by atoms with van der Waals surface area (Å²) in [4.78, 5) is 38.5. The van der Waals surface area contributed by atoms with Crippen LogP contribution >= 0.6 is 11.3 Å². The van der Waals surface area contributed by atoms with Gasteiger partial charge in [0.2, 0.25) is 5.91 Å². The molecule has 2 amide bonds. The van der Waals surface area contributed by atoms with Crippen molar-refractivity contribution in [3.63, 3.8) is 0 Å². The monoisotopic (exact) mass is 407 g/mol. The van der Waals surface area contributed by atoms with Crippen LogP contribution in [0.5, 0.6) is 0 Å². The average molecular weight is 407 g/mol. The number of non-ortho nitro benzene ring substituents is 1. The molecule has 146 valence electrons. The molecule has 0 saturated heterocycles. The van der Waals surface area contributed by atoms with Gasteiger partial charge in [-0.2, -0.15) is 0 Å². The molecule has 2 aromatic carbocycles. The number of nitrogens with zero attached hydrogens (tertiary/aromatic N) is 2. The molecule has 1 aliphatic rings. The lowest BCUT2D eigenvalue weighted by Gasteiger charge is -2.26. The Bertz CT molecular complexity index is 1060. The number of nitro benzene ring substituents is 1. The topological polar surface area (TPSA) is 92.6 Å². The molecule has 3 aromatic rings. The number of hydrogen-bond acceptors (Lipinski definition) is 5. The normalized spacial score (nSPS) is 13.8. The van der Waals surface area contributed by atoms with Gasteiger partial charge in [0.1, 0.15) is 0 Å². The first-order valence-corrected chi connectivity index (χ1v) is 9.87. The van der Waals surface area contributed by atoms with E-state index < -0.39 is 4.92 Å². The molecule has 0 bridgehead atoms. The van der Waals surface area contributed by atoms with Crippen LogP contribution in [-0.4, -0.2) is 21.6 Å². The third-order valence-electron chi connectivity index (χ3n) is 4.84. The van der Waals surface area contributed by atoms with E-state index in [1.54, 1.807) is 11.0 Å². The molecule has 0 fully saturated rings. The number of anilines is 1. The molecule has 1 aromatic heterocycles. The number of fused-ring (bicyclic) bond motifs is 1. The standard InChI is InChI=1S/C21H17N3O4S/c25-20(22-15-7-9-16(10-8-15)24(27)28)12-18(19-6-3-11-29-19)23-13-14-4-1-2-5-17(14)21(23)26/h1-11,18H,12-13H2,(H,22,25). The van der Waals surface area contributed by atoms with Crippen molar-refractivity contribution >= 4 is 34.5 Å². The lowest BCUT2D eigenvalue weighted by atomic mass is 10.1. The Morgan fingerprint density at radius 2 is 1.90 bits per heavy atom. The fourth-order valence-electron chi connectivity index (χ4n) is 3.43. The minimum atomic E-state index is -0.491. The molecule has 8 heteroatoms. The summed E-state index contributed by atoms with van der Waals surface area (Å²) in [5.41, 5.74) is 2.06. The molecule has 1 atom stereocenters. The summed E-state index contributed by atoms with van der Waals surface area (Å²) in [6.07, 6.45) is 0.0945. The van der Waals surface area contributed by atoms with Crippen LogP contribution < -0.4 is 5.32 Å². The molecular formula is C21H17N3O4S. The number of amides is 2. The molecule has 0 aliphatic carbocycles. The number of nitro groups is 1. The van der Waals surface area contributed by atoms with Gasteiger partial charge < -0.3 is 10.2 Å². The van der Waals surface area contributed by atoms with Gasteiger partial charge in [0.15, 0.2) is 0 Å². The smallest absolute Gasteiger partial charge is 0.269 e. The number of nitrogens with one attached hydrogen (secondary N) is 1. The number of hydrogen-bond donors (Lipinski definition) is 1. The number of carbonyl (C=O) groups is 2. The van der Waals surface area contributed by atoms with E-state index in [2.05, 4.69) is 5.32 Å². The predicted octanol–water partition coefficient (Wildman–Crippen LogP) is 4.38. The molecule has 7 nitrogen and oxygen atoms in total. The van der Waals surface area contributed by atoms with Crippen LogP contribution in [0, 0.1) is 10.1 Å². The van der Waals surface area contributed by atoms with Crippen LogP contribution in [0.1, 0.15) is 33.3 Å². The molecule has 29 heavy (non-hydrogen) atoms. The zero-order chi connectivity index (χ0) is 20.4. The van der Waals surface area contributed by atoms with Gasteiger partial charge in [-0.05, 0) is 35.2 Å². The van der Waals surface area contributed by atoms with E-state index in [0.29, 0.717) is 17.8 Å². The lowest BCUT2D eigenvalue weighted by molar-refractivity contribution is -0.384. The van der Waals surface area contributed by atoms with Crippen molar-refractivity contribution in [2.45, 2.75) is 19.0 Å². The Balaban J connectivity index is 1.52. The summed E-state index contributed by atoms with van der Waals surface area (Å²) < 4.78 is 0. The van der Waals surface area contributed by atoms with Crippen molar-refractivity contribution in [3.05, 3.63) is 92.2 Å². The molecule has 2 heterocycles. The van der Waals surface area contributed by atoms with E-state index in [-0.39, 0.29) is 30.0 Å². The number of carbonyl (C=O) groups excluding carboxylic acids is 2. The SMILES string of the molecule is O=C(CC(c1cccs1)N1Cc2ccccc2C1=O)Nc1ccc([N+](=O)[O-])cc1. The summed E-state index contributed by atoms with van der Waals surface area (Å²) in [5, 5.41) is 15.5. The van der Waals surface area contributed by atoms with Crippen molar-refractivity contribution < 1.29 is 14.5 Å². The van der Waals surface area contributed by atoms with Gasteiger partial charge in [-0.15, -0.1) is 11.3 Å². The van der Waals surface area contributed by atoms with Crippen molar-refractivity contribution in [3.8, 4) is 0 Å². The zero-order valence-corrected chi connectivity index (χ0v) is 16.1. The van der Waals surface area contributed by atoms with Crippen LogP contribution in [0.15, 0.2) is 66.0 Å². The quantitative estimate of drug-likeness (QED) is 0.485. The third-order valence-corrected chi connectivity index (χ3v) is 5.81. The molecule has 1 aliphatic heterocycles. The fraction of sp³-hybridized carbons (Fsp3) is 0.143. The number of benzene rings is 2. The first-order chi connectivity index (χ1) is 14.0. The van der Waals surface area contributed by atoms with Crippen molar-refractivity contribution in [1.29, 1.82) is 0 Å². The Labute approximate surface area is 170 Å². The maximum Gasteiger partial charge on any atom is 0.269 e. The molecule has 1 unspecified atom stereocenters. The Kier molecular flexibility index (Phi) is 5.09. The highest BCUT2D eigenvalue weighted by molar-refractivity contribution is 7.10. The van der Waals surface area contributed by atoms with Crippen LogP contribution in [0.3, 0.4) is 0 Å². The maximum atomic E-state index is 12.9. The van der Waals surface area contributed by atoms with Crippen LogP contribution in [0.2, 0.25) is 0 Å². The Morgan fingerprint density at radius 3 is 2.55 bits per heavy atom. The summed E-state index contributed by atoms with van der Waals surface area (Å²) in [6.45, 7) is 0.461. The summed E-state index contributed by atoms with van der Waals surface area (Å²) in [7, 11) is 0. The molecule has 4 rings (SSSR count). The second-order valence-corrected chi connectivity index (χ2v) is 7.66. The van der Waals surface area contributed by atoms with E-state index in [1.807, 2.05) is 35.7 Å². The predicted molar refractivity (Wildman–Crippen MR) is 110 cm³/mol. The molecular weight excluding hydrogens is 390 g/mol. The van der Waals surface area contributed by atoms with Gasteiger partial charge in [0.05, 0.1) is 17.4 Å². The van der Waals surface area contributed by atoms with Crippen LogP contribution in [0.4, 0.5) is 11.4 Å². The maximum absolute atomic E-state index is 12.9. The van der Waals surface area contributed by atoms with Gasteiger partial charge >= 0.3 is 0 Å². The zero-order valence-electron chi connectivity index (χ0n) is 15.3. The van der Waals surface area contributed by atoms with Crippen LogP contribution in [-0.2, 0) is 11.3 Å².